The first kappa shape index (κ1) is 125. The van der Waals surface area contributed by atoms with Crippen molar-refractivity contribution in [2.75, 3.05) is 110 Å². The van der Waals surface area contributed by atoms with Gasteiger partial charge in [0.2, 0.25) is 17.1 Å². The van der Waals surface area contributed by atoms with Gasteiger partial charge in [0, 0.05) is 90.6 Å². The number of halogens is 17. The molecule has 2 aliphatic heterocycles. The molecule has 32 nitrogen and oxygen atoms in total. The maximum Gasteiger partial charge on any atom is 1.00 e. The number of nitrogens with one attached hydrogen (secondary N) is 4. The number of H-pyrrole nitrogens is 1. The van der Waals surface area contributed by atoms with Crippen LogP contribution in [0.1, 0.15) is 88.3 Å². The maximum atomic E-state index is 14.4. The molecule has 0 bridgehead atoms. The number of amides is 2. The van der Waals surface area contributed by atoms with Crippen LogP contribution in [0.2, 0.25) is 5.28 Å². The van der Waals surface area contributed by atoms with Crippen molar-refractivity contribution >= 4 is 250 Å². The summed E-state index contributed by atoms with van der Waals surface area (Å²) in [4.78, 5) is 72.7. The fourth-order valence-corrected chi connectivity index (χ4v) is 12.3. The Balaban J connectivity index is 0.00000148. The molecule has 2 saturated heterocycles. The Labute approximate surface area is 856 Å². The van der Waals surface area contributed by atoms with E-state index >= 15 is 0 Å². The second-order valence-corrected chi connectivity index (χ2v) is 40.6. The first-order valence-corrected chi connectivity index (χ1v) is 47.7. The Hall–Kier alpha value is -9.03. The third-order valence-electron chi connectivity index (χ3n) is 16.9. The molecule has 6 aromatic heterocycles. The van der Waals surface area contributed by atoms with Gasteiger partial charge in [0.1, 0.15) is 81.4 Å². The van der Waals surface area contributed by atoms with E-state index in [1.807, 2.05) is 93.0 Å². The summed E-state index contributed by atoms with van der Waals surface area (Å²) in [6.07, 6.45) is -0.776. The number of alkyl halides is 2. The summed E-state index contributed by atoms with van der Waals surface area (Å²) >= 11 is 31.1. The maximum absolute atomic E-state index is 14.4. The van der Waals surface area contributed by atoms with E-state index in [0.717, 1.165) is 75.2 Å². The van der Waals surface area contributed by atoms with E-state index in [1.54, 1.807) is 77.2 Å². The average Bonchev–Trinajstić information content (AvgIpc) is 1.55. The average molecular weight is 2410 g/mol. The molecule has 0 radical (unpaired) electrons. The number of aromatic nitrogens is 12. The van der Waals surface area contributed by atoms with Crippen LogP contribution in [0.15, 0.2) is 95.8 Å². The summed E-state index contributed by atoms with van der Waals surface area (Å²) in [5.41, 5.74) is 24.9. The van der Waals surface area contributed by atoms with E-state index in [9.17, 15) is 54.5 Å². The number of ether oxygens (including phenoxy) is 2. The van der Waals surface area contributed by atoms with E-state index in [1.165, 1.54) is 75.5 Å². The van der Waals surface area contributed by atoms with Gasteiger partial charge in [-0.25, -0.2) is 75.9 Å². The standard InChI is InChI=1S/C16H19FN6.C11H8ClFN4.C11H9FN4O.C11H11FN2O2.C8H7FN2.C7H7FIN.C7H8FN.C5H12N2.C3H5ClO2.C2H6N2O.CH2I2.CN.Cl3OP.2ClH.Cu/c1-10-8-12-14(13(17)9-10)19-16(22-6-4-21(3)5-7-22)23-15(12)18-11(2)20-23;1-5-3-7-9(8(13)4-5)15-11(12)17-10(7)14-6(2)16-17;1-5-3-7-9(8(12)4-5)14-11(17)16-10(7)13-6(2)15-16;1-3-16-11(15)14-10-8(6-13)4-7(2)5-9(10)12;1-5-2-6(4-10)8(11)7(9)3-5;1-4-2-5(8)7(10)6(9)3-4;1-5-2-3-7(9)6(8)4-5;1-7-4-2-6-3-5-7;1-2-6-3(4)5;1-2(5)4-3;2-1-3;1-2;1-5(2,3)4;;;/h8-9H,4-7H2,1-3H3;3-4H,1-2H3;3-4H,1-2H3,(H,14,17);4-5H,3H2,1-2H3,(H,14,15);2-3H,11H2,1H3;2-3H,10H2,1H3;2-4H,9H2,1H3;6H,2-5H2,1H3;2H2,1H3;3H2,1H3,(H,4,5);1H2;;;2*1H;/q;;;;;;;;;;;-1;;;;+1. The molecule has 8 heterocycles. The monoisotopic (exact) mass is 2410 g/mol. The number of aryl methyl sites for hydroxylation is 10. The molecule has 12 N–H and O–H groups in total. The number of anilines is 5. The zero-order chi connectivity index (χ0) is 99.2. The second-order valence-electron chi connectivity index (χ2n) is 27.7. The smallest absolute Gasteiger partial charge is 0.512 e. The number of hydrazine groups is 1. The van der Waals surface area contributed by atoms with Crippen LogP contribution in [0.4, 0.5) is 69.0 Å². The van der Waals surface area contributed by atoms with E-state index in [2.05, 4.69) is 179 Å². The van der Waals surface area contributed by atoms with Gasteiger partial charge in [-0.1, -0.05) is 51.2 Å². The van der Waals surface area contributed by atoms with Crippen LogP contribution in [-0.4, -0.2) is 168 Å². The van der Waals surface area contributed by atoms with Gasteiger partial charge < -0.3 is 63.5 Å². The van der Waals surface area contributed by atoms with E-state index < -0.39 is 45.7 Å². The van der Waals surface area contributed by atoms with Crippen LogP contribution >= 0.6 is 155 Å². The number of nitrogen functional groups attached to an aromatic ring is 3. The summed E-state index contributed by atoms with van der Waals surface area (Å²) in [6.45, 7) is 36.1. The van der Waals surface area contributed by atoms with Crippen LogP contribution in [0.25, 0.3) is 49.7 Å². The number of likely N-dealkylation sites (N-methyl/N-ethyl adjacent to an activating group) is 2. The Morgan fingerprint density at radius 3 is 1.37 bits per heavy atom. The van der Waals surface area contributed by atoms with Crippen LogP contribution < -0.4 is 49.7 Å². The SMILES string of the molecule is CC(=O)NN.CCOC(=O)Cl.CCOC(=O)Nc1c(F)cc(C)cc1C#N.CN1CCNCC1.Cc1cc(F)c(N)c(C#N)c1.Cc1cc(F)c(N)c(I)c1.Cc1cc(F)c2[nH]c(=O)n3nc(C)nc3c2c1.Cc1cc(F)c2nc(Cl)n3nc(C)nc3c2c1.Cc1cc(F)c2nc(N3CCN(C)CC3)n3nc(C)nc3c2c1.Cc1ccc(N)c(F)c1.Cl.Cl.ICI.O=P(Cl)(Cl)Cl.[C-]#N.[Cu+]. The molecule has 7 aromatic carbocycles. The molecule has 0 saturated carbocycles. The van der Waals surface area contributed by atoms with Gasteiger partial charge in [0.25, 0.3) is 0 Å². The third-order valence-corrected chi connectivity index (χ3v) is 18.2. The number of carbonyl (C=O) groups is 3. The Kier molecular flexibility index (Phi) is 57.8. The van der Waals surface area contributed by atoms with Crippen LogP contribution in [0.3, 0.4) is 0 Å². The minimum Gasteiger partial charge on any atom is -0.512 e. The Morgan fingerprint density at radius 2 is 0.948 bits per heavy atom. The number of fused-ring (bicyclic) bond motifs is 9. The molecule has 2 fully saturated rings. The number of hydrogen-bond donors (Lipinski definition) is 8. The van der Waals surface area contributed by atoms with Gasteiger partial charge in [-0.15, -0.1) is 40.1 Å². The minimum atomic E-state index is -3.22. The molecular weight excluding hydrogens is 2320 g/mol. The van der Waals surface area contributed by atoms with Gasteiger partial charge in [-0.2, -0.15) is 24.1 Å². The second kappa shape index (κ2) is 61.9. The van der Waals surface area contributed by atoms with Crippen molar-refractivity contribution < 1.29 is 76.2 Å². The number of nitrogens with zero attached hydrogens (tertiary/aromatic N) is 17. The fourth-order valence-electron chi connectivity index (χ4n) is 11.2. The van der Waals surface area contributed by atoms with Gasteiger partial charge in [-0.05, 0) is 289 Å². The summed E-state index contributed by atoms with van der Waals surface area (Å²) in [6, 6.07) is 27.1. The first-order valence-electron chi connectivity index (χ1n) is 38.4. The topological polar surface area (TPSA) is 457 Å². The minimum absolute atomic E-state index is 0. The summed E-state index contributed by atoms with van der Waals surface area (Å²) in [7, 11) is 4.25. The van der Waals surface area contributed by atoms with E-state index in [0.29, 0.717) is 79.8 Å². The molecule has 2 amide bonds. The van der Waals surface area contributed by atoms with E-state index in [-0.39, 0.29) is 122 Å². The zero-order valence-corrected chi connectivity index (χ0v) is 88.2. The molecule has 0 atom stereocenters. The molecular formula is C83H96Cl7CuF7I3N25O7P. The molecule has 0 unspecified atom stereocenters. The summed E-state index contributed by atoms with van der Waals surface area (Å²) in [5.74, 6) is 3.73. The predicted molar refractivity (Wildman–Crippen MR) is 540 cm³/mol. The summed E-state index contributed by atoms with van der Waals surface area (Å²) in [5, 5.41) is 40.3. The van der Waals surface area contributed by atoms with E-state index in [4.69, 9.17) is 62.8 Å². The van der Waals surface area contributed by atoms with Crippen molar-refractivity contribution in [1.29, 1.82) is 15.8 Å². The van der Waals surface area contributed by atoms with Crippen LogP contribution in [-0.2, 0) is 35.9 Å². The number of piperazine rings is 2. The van der Waals surface area contributed by atoms with Crippen molar-refractivity contribution in [1.82, 2.24) is 79.3 Å². The van der Waals surface area contributed by atoms with Crippen molar-refractivity contribution in [3.8, 4) is 12.1 Å². The molecule has 15 rings (SSSR count). The number of rotatable bonds is 4. The van der Waals surface area contributed by atoms with Gasteiger partial charge in [-0.3, -0.25) is 20.1 Å². The molecule has 0 aliphatic carbocycles. The molecule has 13 aromatic rings. The molecule has 2 aliphatic rings. The fraction of sp³-hybridized carbons (Fsp3) is 0.313. The number of aromatic amines is 1. The van der Waals surface area contributed by atoms with Crippen molar-refractivity contribution in [2.24, 2.45) is 5.84 Å². The summed E-state index contributed by atoms with van der Waals surface area (Å²) < 4.78 is 118. The molecule has 0 spiro atoms. The predicted octanol–water partition coefficient (Wildman–Crippen LogP) is 19.5. The van der Waals surface area contributed by atoms with Crippen LogP contribution in [0, 0.1) is 148 Å². The number of benzene rings is 7. The third kappa shape index (κ3) is 41.5. The Bertz CT molecular complexity index is 6300. The zero-order valence-electron chi connectivity index (χ0n) is 74.4. The quantitative estimate of drug-likeness (QED) is 0.00659. The van der Waals surface area contributed by atoms with Gasteiger partial charge in [0.15, 0.2) is 16.9 Å². The largest absolute Gasteiger partial charge is 1.00 e. The van der Waals surface area contributed by atoms with Crippen molar-refractivity contribution in [3.63, 3.8) is 0 Å². The first-order chi connectivity index (χ1) is 61.5. The number of hydrogen-bond acceptors (Lipinski definition) is 26. The Morgan fingerprint density at radius 1 is 0.560 bits per heavy atom. The number of carbonyl (C=O) groups excluding carboxylic acids is 3. The number of nitriles is 2. The molecule has 51 heteroatoms. The van der Waals surface area contributed by atoms with Crippen molar-refractivity contribution in [2.45, 2.75) is 90.0 Å². The number of nitrogens with two attached hydrogens (primary N) is 4. The molecule has 134 heavy (non-hydrogen) atoms. The van der Waals surface area contributed by atoms with Crippen LogP contribution in [0.5, 0.6) is 0 Å². The van der Waals surface area contributed by atoms with Gasteiger partial charge >= 0.3 is 39.5 Å². The normalized spacial score (nSPS) is 11.5. The molecule has 730 valence electrons. The van der Waals surface area contributed by atoms with Gasteiger partial charge in [0.05, 0.1) is 55.0 Å². The van der Waals surface area contributed by atoms with Crippen molar-refractivity contribution in [3.05, 3.63) is 225 Å².